The van der Waals surface area contributed by atoms with E-state index < -0.39 is 5.97 Å². The van der Waals surface area contributed by atoms with E-state index >= 15 is 0 Å². The van der Waals surface area contributed by atoms with Crippen molar-refractivity contribution in [3.63, 3.8) is 0 Å². The molecule has 112 valence electrons. The number of hydrogen-bond acceptors (Lipinski definition) is 5. The highest BCUT2D eigenvalue weighted by Gasteiger charge is 2.21. The molecule has 7 nitrogen and oxygen atoms in total. The molecule has 0 unspecified atom stereocenters. The first-order valence-corrected chi connectivity index (χ1v) is 6.89. The molecular formula is C15H15N5O2. The third-order valence-corrected chi connectivity index (χ3v) is 3.18. The number of esters is 1. The lowest BCUT2D eigenvalue weighted by atomic mass is 10.0. The lowest BCUT2D eigenvalue weighted by molar-refractivity contribution is 0.0520. The standard InChI is InChI=1S/C15H15N5O2/c1-3-22-15(21)14-13(17-19-18-14)11-9-10(2)5-6-12(11)20-8-4-7-16-20/h4-9H,3H2,1-2H3,(H,17,18,19). The Morgan fingerprint density at radius 3 is 2.95 bits per heavy atom. The molecule has 3 rings (SSSR count). The third kappa shape index (κ3) is 2.48. The monoisotopic (exact) mass is 297 g/mol. The number of rotatable bonds is 4. The Bertz CT molecular complexity index is 792. The van der Waals surface area contributed by atoms with E-state index in [0.29, 0.717) is 5.69 Å². The summed E-state index contributed by atoms with van der Waals surface area (Å²) in [4.78, 5) is 12.0. The second kappa shape index (κ2) is 5.80. The number of nitrogens with one attached hydrogen (secondary N) is 1. The molecule has 0 saturated heterocycles. The van der Waals surface area contributed by atoms with Crippen molar-refractivity contribution in [3.05, 3.63) is 47.9 Å². The predicted octanol–water partition coefficient (Wildman–Crippen LogP) is 2.14. The minimum Gasteiger partial charge on any atom is -0.461 e. The molecular weight excluding hydrogens is 282 g/mol. The zero-order valence-electron chi connectivity index (χ0n) is 12.3. The zero-order valence-corrected chi connectivity index (χ0v) is 12.3. The highest BCUT2D eigenvalue weighted by Crippen LogP contribution is 2.28. The van der Waals surface area contributed by atoms with Crippen molar-refractivity contribution in [2.45, 2.75) is 13.8 Å². The molecule has 22 heavy (non-hydrogen) atoms. The summed E-state index contributed by atoms with van der Waals surface area (Å²) in [7, 11) is 0. The van der Waals surface area contributed by atoms with Gasteiger partial charge in [0.2, 0.25) is 0 Å². The average Bonchev–Trinajstić information content (AvgIpc) is 3.19. The smallest absolute Gasteiger partial charge is 0.361 e. The van der Waals surface area contributed by atoms with Gasteiger partial charge in [0.05, 0.1) is 12.3 Å². The van der Waals surface area contributed by atoms with E-state index in [0.717, 1.165) is 16.8 Å². The van der Waals surface area contributed by atoms with E-state index in [-0.39, 0.29) is 12.3 Å². The number of H-pyrrole nitrogens is 1. The van der Waals surface area contributed by atoms with Crippen molar-refractivity contribution >= 4 is 5.97 Å². The molecule has 2 heterocycles. The second-order valence-electron chi connectivity index (χ2n) is 4.71. The normalized spacial score (nSPS) is 10.6. The lowest BCUT2D eigenvalue weighted by Crippen LogP contribution is -2.08. The summed E-state index contributed by atoms with van der Waals surface area (Å²) >= 11 is 0. The van der Waals surface area contributed by atoms with Crippen molar-refractivity contribution in [3.8, 4) is 16.9 Å². The maximum absolute atomic E-state index is 12.0. The van der Waals surface area contributed by atoms with Crippen molar-refractivity contribution in [2.24, 2.45) is 0 Å². The number of benzene rings is 1. The first-order chi connectivity index (χ1) is 10.7. The Balaban J connectivity index is 2.15. The SMILES string of the molecule is CCOC(=O)c1n[nH]nc1-c1cc(C)ccc1-n1cccn1. The molecule has 7 heteroatoms. The molecule has 0 fully saturated rings. The minimum absolute atomic E-state index is 0.167. The number of ether oxygens (including phenoxy) is 1. The van der Waals surface area contributed by atoms with Gasteiger partial charge in [-0.2, -0.15) is 15.4 Å². The van der Waals surface area contributed by atoms with Crippen LogP contribution in [0, 0.1) is 6.92 Å². The molecule has 0 radical (unpaired) electrons. The van der Waals surface area contributed by atoms with Gasteiger partial charge in [0.1, 0.15) is 5.69 Å². The molecule has 0 aliphatic carbocycles. The number of nitrogens with zero attached hydrogens (tertiary/aromatic N) is 4. The van der Waals surface area contributed by atoms with E-state index in [4.69, 9.17) is 4.74 Å². The highest BCUT2D eigenvalue weighted by molar-refractivity contribution is 5.95. The summed E-state index contributed by atoms with van der Waals surface area (Å²) in [6.45, 7) is 4.00. The number of carbonyl (C=O) groups excluding carboxylic acids is 1. The van der Waals surface area contributed by atoms with Crippen LogP contribution in [0.1, 0.15) is 23.0 Å². The van der Waals surface area contributed by atoms with E-state index in [1.54, 1.807) is 17.8 Å². The van der Waals surface area contributed by atoms with Gasteiger partial charge in [-0.1, -0.05) is 11.6 Å². The average molecular weight is 297 g/mol. The van der Waals surface area contributed by atoms with Gasteiger partial charge in [-0.15, -0.1) is 5.10 Å². The Kier molecular flexibility index (Phi) is 3.69. The van der Waals surface area contributed by atoms with Gasteiger partial charge < -0.3 is 4.74 Å². The number of hydrogen-bond donors (Lipinski definition) is 1. The fourth-order valence-corrected chi connectivity index (χ4v) is 2.21. The van der Waals surface area contributed by atoms with Crippen LogP contribution < -0.4 is 0 Å². The first kappa shape index (κ1) is 14.0. The van der Waals surface area contributed by atoms with Gasteiger partial charge in [-0.05, 0) is 32.0 Å². The molecule has 3 aromatic rings. The Morgan fingerprint density at radius 2 is 2.23 bits per heavy atom. The van der Waals surface area contributed by atoms with Crippen LogP contribution in [0.4, 0.5) is 0 Å². The van der Waals surface area contributed by atoms with Crippen LogP contribution in [0.5, 0.6) is 0 Å². The van der Waals surface area contributed by atoms with Gasteiger partial charge in [0, 0.05) is 18.0 Å². The van der Waals surface area contributed by atoms with Crippen molar-refractivity contribution in [2.75, 3.05) is 6.61 Å². The van der Waals surface area contributed by atoms with E-state index in [2.05, 4.69) is 20.5 Å². The fourth-order valence-electron chi connectivity index (χ4n) is 2.21. The third-order valence-electron chi connectivity index (χ3n) is 3.18. The topological polar surface area (TPSA) is 85.7 Å². The van der Waals surface area contributed by atoms with Crippen molar-refractivity contribution in [1.29, 1.82) is 0 Å². The summed E-state index contributed by atoms with van der Waals surface area (Å²) < 4.78 is 6.75. The van der Waals surface area contributed by atoms with Gasteiger partial charge in [-0.3, -0.25) is 0 Å². The van der Waals surface area contributed by atoms with Gasteiger partial charge in [0.15, 0.2) is 5.69 Å². The Labute approximate surface area is 126 Å². The number of aryl methyl sites for hydroxylation is 1. The van der Waals surface area contributed by atoms with E-state index in [1.807, 2.05) is 37.4 Å². The fraction of sp³-hybridized carbons (Fsp3) is 0.200. The molecule has 1 aromatic carbocycles. The molecule has 1 N–H and O–H groups in total. The van der Waals surface area contributed by atoms with Crippen molar-refractivity contribution in [1.82, 2.24) is 25.2 Å². The van der Waals surface area contributed by atoms with Crippen LogP contribution in [0.15, 0.2) is 36.7 Å². The Morgan fingerprint density at radius 1 is 1.36 bits per heavy atom. The maximum atomic E-state index is 12.0. The first-order valence-electron chi connectivity index (χ1n) is 6.89. The minimum atomic E-state index is -0.501. The molecule has 0 spiro atoms. The molecule has 0 amide bonds. The predicted molar refractivity (Wildman–Crippen MR) is 79.6 cm³/mol. The second-order valence-corrected chi connectivity index (χ2v) is 4.71. The molecule has 0 bridgehead atoms. The van der Waals surface area contributed by atoms with Crippen LogP contribution in [-0.4, -0.2) is 37.8 Å². The van der Waals surface area contributed by atoms with Crippen molar-refractivity contribution < 1.29 is 9.53 Å². The van der Waals surface area contributed by atoms with Crippen LogP contribution in [0.3, 0.4) is 0 Å². The van der Waals surface area contributed by atoms with Crippen LogP contribution >= 0.6 is 0 Å². The summed E-state index contributed by atoms with van der Waals surface area (Å²) in [5.74, 6) is -0.501. The van der Waals surface area contributed by atoms with E-state index in [9.17, 15) is 4.79 Å². The molecule has 0 aliphatic rings. The lowest BCUT2D eigenvalue weighted by Gasteiger charge is -2.09. The summed E-state index contributed by atoms with van der Waals surface area (Å²) in [5, 5.41) is 14.8. The number of carbonyl (C=O) groups is 1. The van der Waals surface area contributed by atoms with Gasteiger partial charge >= 0.3 is 5.97 Å². The van der Waals surface area contributed by atoms with Crippen LogP contribution in [0.25, 0.3) is 16.9 Å². The quantitative estimate of drug-likeness (QED) is 0.746. The molecule has 2 aromatic heterocycles. The molecule has 0 aliphatic heterocycles. The molecule has 0 atom stereocenters. The Hall–Kier alpha value is -2.96. The zero-order chi connectivity index (χ0) is 15.5. The van der Waals surface area contributed by atoms with Gasteiger partial charge in [-0.25, -0.2) is 9.48 Å². The summed E-state index contributed by atoms with van der Waals surface area (Å²) in [6, 6.07) is 7.68. The molecule has 0 saturated carbocycles. The maximum Gasteiger partial charge on any atom is 0.361 e. The summed E-state index contributed by atoms with van der Waals surface area (Å²) in [5.41, 5.74) is 3.24. The van der Waals surface area contributed by atoms with E-state index in [1.165, 1.54) is 0 Å². The number of aromatic nitrogens is 5. The van der Waals surface area contributed by atoms with Crippen LogP contribution in [0.2, 0.25) is 0 Å². The highest BCUT2D eigenvalue weighted by atomic mass is 16.5. The largest absolute Gasteiger partial charge is 0.461 e. The van der Waals surface area contributed by atoms with Crippen LogP contribution in [-0.2, 0) is 4.74 Å². The summed E-state index contributed by atoms with van der Waals surface area (Å²) in [6.07, 6.45) is 3.52. The number of aromatic amines is 1. The van der Waals surface area contributed by atoms with Gasteiger partial charge in [0.25, 0.3) is 0 Å².